The molecule has 0 bridgehead atoms. The quantitative estimate of drug-likeness (QED) is 0.163. The summed E-state index contributed by atoms with van der Waals surface area (Å²) < 4.78 is 44.9. The normalized spacial score (nSPS) is 11.8. The van der Waals surface area contributed by atoms with Crippen molar-refractivity contribution >= 4 is 40.0 Å². The van der Waals surface area contributed by atoms with Crippen LogP contribution < -0.4 is 4.74 Å². The fraction of sp³-hybridized carbons (Fsp3) is 0.0800. The number of halogens is 4. The van der Waals surface area contributed by atoms with Gasteiger partial charge in [-0.2, -0.15) is 13.2 Å². The smallest absolute Gasteiger partial charge is 0.416 e. The molecule has 4 rings (SSSR count). The van der Waals surface area contributed by atoms with Crippen LogP contribution in [0.4, 0.5) is 24.5 Å². The number of hydrogen-bond acceptors (Lipinski definition) is 4. The minimum Gasteiger partial charge on any atom is -0.449 e. The Bertz CT molecular complexity index is 1440. The van der Waals surface area contributed by atoms with Crippen LogP contribution in [0.15, 0.2) is 77.8 Å². The lowest BCUT2D eigenvalue weighted by molar-refractivity contribution is -0.385. The lowest BCUT2D eigenvalue weighted by atomic mass is 10.0. The summed E-state index contributed by atoms with van der Waals surface area (Å²) in [7, 11) is 0. The van der Waals surface area contributed by atoms with Crippen molar-refractivity contribution in [2.24, 2.45) is 4.99 Å². The molecule has 0 saturated heterocycles. The first-order valence-corrected chi connectivity index (χ1v) is 10.4. The molecule has 4 aromatic rings. The van der Waals surface area contributed by atoms with E-state index in [1.807, 2.05) is 37.3 Å². The van der Waals surface area contributed by atoms with Crippen molar-refractivity contribution < 1.29 is 22.8 Å². The first-order chi connectivity index (χ1) is 16.1. The first kappa shape index (κ1) is 23.3. The fourth-order valence-corrected chi connectivity index (χ4v) is 3.51. The van der Waals surface area contributed by atoms with Gasteiger partial charge >= 0.3 is 11.9 Å². The Morgan fingerprint density at radius 3 is 2.44 bits per heavy atom. The second kappa shape index (κ2) is 9.15. The van der Waals surface area contributed by atoms with Gasteiger partial charge in [-0.3, -0.25) is 15.1 Å². The third-order valence-corrected chi connectivity index (χ3v) is 5.54. The zero-order valence-electron chi connectivity index (χ0n) is 17.6. The second-order valence-electron chi connectivity index (χ2n) is 7.43. The molecule has 0 aliphatic rings. The Labute approximate surface area is 197 Å². The first-order valence-electron chi connectivity index (χ1n) is 9.99. The van der Waals surface area contributed by atoms with Gasteiger partial charge < -0.3 is 4.74 Å². The van der Waals surface area contributed by atoms with E-state index < -0.39 is 22.4 Å². The molecule has 0 radical (unpaired) electrons. The largest absolute Gasteiger partial charge is 0.449 e. The SMILES string of the molecule is Cc1ccc(N=Cc2c(Oc3ccc(C(F)(F)F)cc3[N+](=O)[O-])ccc3ccccc23)cc1Cl. The molecule has 0 atom stereocenters. The maximum absolute atomic E-state index is 13.1. The monoisotopic (exact) mass is 484 g/mol. The number of alkyl halides is 3. The molecule has 0 heterocycles. The summed E-state index contributed by atoms with van der Waals surface area (Å²) in [4.78, 5) is 15.0. The Morgan fingerprint density at radius 1 is 1.00 bits per heavy atom. The van der Waals surface area contributed by atoms with Crippen LogP contribution >= 0.6 is 11.6 Å². The topological polar surface area (TPSA) is 64.7 Å². The molecule has 0 saturated carbocycles. The number of rotatable bonds is 5. The Hall–Kier alpha value is -3.91. The standard InChI is InChI=1S/C25H16ClF3N2O3/c1-15-6-9-18(13-21(15)26)30-14-20-19-5-3-2-4-16(19)7-10-23(20)34-24-11-8-17(25(27,28)29)12-22(24)31(32)33/h2-14H,1H3. The molecule has 34 heavy (non-hydrogen) atoms. The van der Waals surface area contributed by atoms with Gasteiger partial charge in [-0.25, -0.2) is 0 Å². The number of nitro benzene ring substituents is 1. The van der Waals surface area contributed by atoms with E-state index in [2.05, 4.69) is 4.99 Å². The van der Waals surface area contributed by atoms with Crippen molar-refractivity contribution in [3.8, 4) is 11.5 Å². The van der Waals surface area contributed by atoms with Crippen molar-refractivity contribution in [1.82, 2.24) is 0 Å². The minimum atomic E-state index is -4.72. The van der Waals surface area contributed by atoms with E-state index >= 15 is 0 Å². The molecule has 0 fully saturated rings. The van der Waals surface area contributed by atoms with Crippen LogP contribution in [-0.2, 0) is 6.18 Å². The summed E-state index contributed by atoms with van der Waals surface area (Å²) in [6.07, 6.45) is -3.19. The summed E-state index contributed by atoms with van der Waals surface area (Å²) in [5.41, 5.74) is 0.0442. The summed E-state index contributed by atoms with van der Waals surface area (Å²) in [6.45, 7) is 1.86. The predicted octanol–water partition coefficient (Wildman–Crippen LogP) is 8.27. The van der Waals surface area contributed by atoms with Crippen molar-refractivity contribution in [2.75, 3.05) is 0 Å². The van der Waals surface area contributed by atoms with Gasteiger partial charge in [0.15, 0.2) is 0 Å². The molecule has 0 aromatic heterocycles. The predicted molar refractivity (Wildman–Crippen MR) is 126 cm³/mol. The molecule has 0 amide bonds. The Balaban J connectivity index is 1.81. The highest BCUT2D eigenvalue weighted by molar-refractivity contribution is 6.31. The molecule has 5 nitrogen and oxygen atoms in total. The Kier molecular flexibility index (Phi) is 6.26. The molecule has 0 aliphatic carbocycles. The second-order valence-corrected chi connectivity index (χ2v) is 7.84. The van der Waals surface area contributed by atoms with Crippen molar-refractivity contribution in [3.63, 3.8) is 0 Å². The summed E-state index contributed by atoms with van der Waals surface area (Å²) in [5.74, 6) is -0.121. The van der Waals surface area contributed by atoms with Gasteiger partial charge in [0.05, 0.1) is 16.2 Å². The van der Waals surface area contributed by atoms with Crippen molar-refractivity contribution in [2.45, 2.75) is 13.1 Å². The number of hydrogen-bond donors (Lipinski definition) is 0. The lowest BCUT2D eigenvalue weighted by Crippen LogP contribution is -2.06. The number of benzene rings is 4. The molecule has 9 heteroatoms. The molecule has 4 aromatic carbocycles. The van der Waals surface area contributed by atoms with Crippen molar-refractivity contribution in [1.29, 1.82) is 0 Å². The van der Waals surface area contributed by atoms with Gasteiger partial charge in [0.25, 0.3) is 0 Å². The van der Waals surface area contributed by atoms with E-state index in [-0.39, 0.29) is 11.5 Å². The van der Waals surface area contributed by atoms with E-state index in [1.165, 1.54) is 6.21 Å². The third kappa shape index (κ3) is 4.87. The summed E-state index contributed by atoms with van der Waals surface area (Å²) in [5, 5.41) is 13.6. The third-order valence-electron chi connectivity index (χ3n) is 5.13. The molecular formula is C25H16ClF3N2O3. The number of fused-ring (bicyclic) bond motifs is 1. The van der Waals surface area contributed by atoms with Crippen LogP contribution in [0.1, 0.15) is 16.7 Å². The molecule has 0 spiro atoms. The highest BCUT2D eigenvalue weighted by Crippen LogP contribution is 2.39. The van der Waals surface area contributed by atoms with E-state index in [0.717, 1.165) is 28.5 Å². The zero-order valence-corrected chi connectivity index (χ0v) is 18.4. The average Bonchev–Trinajstić information content (AvgIpc) is 2.79. The fourth-order valence-electron chi connectivity index (χ4n) is 3.34. The highest BCUT2D eigenvalue weighted by Gasteiger charge is 2.33. The van der Waals surface area contributed by atoms with Crippen LogP contribution in [0.2, 0.25) is 5.02 Å². The van der Waals surface area contributed by atoms with Crippen molar-refractivity contribution in [3.05, 3.63) is 105 Å². The van der Waals surface area contributed by atoms with Gasteiger partial charge in [0.2, 0.25) is 5.75 Å². The maximum atomic E-state index is 13.1. The van der Waals surface area contributed by atoms with Crippen LogP contribution in [0.5, 0.6) is 11.5 Å². The molecule has 0 aliphatic heterocycles. The number of nitro groups is 1. The van der Waals surface area contributed by atoms with Crippen LogP contribution in [0.3, 0.4) is 0 Å². The average molecular weight is 485 g/mol. The number of nitrogens with zero attached hydrogens (tertiary/aromatic N) is 2. The zero-order chi connectivity index (χ0) is 24.5. The lowest BCUT2D eigenvalue weighted by Gasteiger charge is -2.13. The van der Waals surface area contributed by atoms with Crippen LogP contribution in [-0.4, -0.2) is 11.1 Å². The van der Waals surface area contributed by atoms with Crippen LogP contribution in [0, 0.1) is 17.0 Å². The van der Waals surface area contributed by atoms with Gasteiger partial charge in [-0.05, 0) is 53.6 Å². The molecule has 0 N–H and O–H groups in total. The van der Waals surface area contributed by atoms with E-state index in [1.54, 1.807) is 24.3 Å². The van der Waals surface area contributed by atoms with Gasteiger partial charge in [0.1, 0.15) is 5.75 Å². The molecule has 172 valence electrons. The van der Waals surface area contributed by atoms with E-state index in [9.17, 15) is 23.3 Å². The Morgan fingerprint density at radius 2 is 1.74 bits per heavy atom. The highest BCUT2D eigenvalue weighted by atomic mass is 35.5. The number of aliphatic imine (C=N–C) groups is 1. The summed E-state index contributed by atoms with van der Waals surface area (Å²) in [6, 6.07) is 18.1. The van der Waals surface area contributed by atoms with E-state index in [4.69, 9.17) is 16.3 Å². The molecule has 0 unspecified atom stereocenters. The van der Waals surface area contributed by atoms with Gasteiger partial charge in [-0.15, -0.1) is 0 Å². The maximum Gasteiger partial charge on any atom is 0.416 e. The van der Waals surface area contributed by atoms with Gasteiger partial charge in [-0.1, -0.05) is 48.0 Å². The van der Waals surface area contributed by atoms with Gasteiger partial charge in [0, 0.05) is 22.9 Å². The number of ether oxygens (including phenoxy) is 1. The summed E-state index contributed by atoms with van der Waals surface area (Å²) >= 11 is 6.18. The number of aryl methyl sites for hydroxylation is 1. The minimum absolute atomic E-state index is 0.198. The molecular weight excluding hydrogens is 469 g/mol. The van der Waals surface area contributed by atoms with E-state index in [0.29, 0.717) is 22.3 Å². The van der Waals surface area contributed by atoms with Crippen LogP contribution in [0.25, 0.3) is 10.8 Å².